The monoisotopic (exact) mass is 475 g/mol. The van der Waals surface area contributed by atoms with Crippen LogP contribution >= 0.6 is 11.8 Å². The predicted octanol–water partition coefficient (Wildman–Crippen LogP) is 2.86. The van der Waals surface area contributed by atoms with Crippen molar-refractivity contribution >= 4 is 33.4 Å². The van der Waals surface area contributed by atoms with E-state index in [0.717, 1.165) is 73.7 Å². The molecule has 0 N–H and O–H groups in total. The SMILES string of the molecule is O=C(CSc1nnc2n1CCCCC2)N1CCCc2cc(S(=O)(=O)N3CCCC3)ccc21. The first-order valence-corrected chi connectivity index (χ1v) is 13.9. The minimum atomic E-state index is -3.45. The van der Waals surface area contributed by atoms with Crippen LogP contribution in [0.3, 0.4) is 0 Å². The van der Waals surface area contributed by atoms with E-state index in [1.807, 2.05) is 6.07 Å². The van der Waals surface area contributed by atoms with Crippen molar-refractivity contribution < 1.29 is 13.2 Å². The highest BCUT2D eigenvalue weighted by Crippen LogP contribution is 2.32. The number of benzene rings is 1. The number of hydrogen-bond acceptors (Lipinski definition) is 6. The topological polar surface area (TPSA) is 88.4 Å². The summed E-state index contributed by atoms with van der Waals surface area (Å²) in [5.74, 6) is 1.34. The Morgan fingerprint density at radius 3 is 2.59 bits per heavy atom. The van der Waals surface area contributed by atoms with E-state index in [9.17, 15) is 13.2 Å². The van der Waals surface area contributed by atoms with Crippen LogP contribution in [-0.4, -0.2) is 58.8 Å². The van der Waals surface area contributed by atoms with Gasteiger partial charge in [-0.2, -0.15) is 4.31 Å². The zero-order valence-electron chi connectivity index (χ0n) is 18.2. The summed E-state index contributed by atoms with van der Waals surface area (Å²) in [7, 11) is -3.45. The molecule has 10 heteroatoms. The summed E-state index contributed by atoms with van der Waals surface area (Å²) in [5, 5.41) is 9.44. The zero-order chi connectivity index (χ0) is 22.1. The van der Waals surface area contributed by atoms with E-state index in [-0.39, 0.29) is 5.91 Å². The second kappa shape index (κ2) is 9.15. The van der Waals surface area contributed by atoms with E-state index in [2.05, 4.69) is 14.8 Å². The molecule has 1 aromatic heterocycles. The number of aromatic nitrogens is 3. The average molecular weight is 476 g/mol. The number of aryl methyl sites for hydroxylation is 2. The molecular weight excluding hydrogens is 446 g/mol. The highest BCUT2D eigenvalue weighted by molar-refractivity contribution is 7.99. The van der Waals surface area contributed by atoms with Gasteiger partial charge in [0.2, 0.25) is 15.9 Å². The number of thioether (sulfide) groups is 1. The number of carbonyl (C=O) groups is 1. The van der Waals surface area contributed by atoms with Gasteiger partial charge in [-0.1, -0.05) is 18.2 Å². The van der Waals surface area contributed by atoms with Gasteiger partial charge in [-0.05, 0) is 62.3 Å². The zero-order valence-corrected chi connectivity index (χ0v) is 19.8. The van der Waals surface area contributed by atoms with E-state index >= 15 is 0 Å². The van der Waals surface area contributed by atoms with Gasteiger partial charge in [-0.25, -0.2) is 8.42 Å². The summed E-state index contributed by atoms with van der Waals surface area (Å²) in [5.41, 5.74) is 1.77. The minimum Gasteiger partial charge on any atom is -0.311 e. The van der Waals surface area contributed by atoms with Crippen LogP contribution in [0.4, 0.5) is 5.69 Å². The maximum atomic E-state index is 13.1. The number of nitrogens with zero attached hydrogens (tertiary/aromatic N) is 5. The Balaban J connectivity index is 1.31. The molecule has 32 heavy (non-hydrogen) atoms. The summed E-state index contributed by atoms with van der Waals surface area (Å²) in [6.07, 6.45) is 7.86. The molecule has 3 aliphatic rings. The second-order valence-electron chi connectivity index (χ2n) is 8.70. The molecule has 0 unspecified atom stereocenters. The Hall–Kier alpha value is -1.91. The normalized spacial score (nSPS) is 19.4. The van der Waals surface area contributed by atoms with E-state index in [4.69, 9.17) is 0 Å². The van der Waals surface area contributed by atoms with Gasteiger partial charge in [-0.15, -0.1) is 10.2 Å². The third-order valence-corrected chi connectivity index (χ3v) is 9.42. The molecule has 1 aromatic carbocycles. The lowest BCUT2D eigenvalue weighted by Crippen LogP contribution is -2.37. The van der Waals surface area contributed by atoms with Crippen LogP contribution in [-0.2, 0) is 34.2 Å². The molecule has 5 rings (SSSR count). The number of amides is 1. The van der Waals surface area contributed by atoms with Gasteiger partial charge in [-0.3, -0.25) is 4.79 Å². The molecule has 0 atom stereocenters. The van der Waals surface area contributed by atoms with Crippen molar-refractivity contribution in [3.8, 4) is 0 Å². The lowest BCUT2D eigenvalue weighted by atomic mass is 10.0. The molecule has 0 aliphatic carbocycles. The third kappa shape index (κ3) is 4.20. The minimum absolute atomic E-state index is 0.0251. The van der Waals surface area contributed by atoms with Crippen LogP contribution < -0.4 is 4.90 Å². The molecule has 1 amide bonds. The fraction of sp³-hybridized carbons (Fsp3) is 0.591. The van der Waals surface area contributed by atoms with Crippen molar-refractivity contribution in [2.45, 2.75) is 68.0 Å². The highest BCUT2D eigenvalue weighted by atomic mass is 32.2. The van der Waals surface area contributed by atoms with Gasteiger partial charge in [0.05, 0.1) is 10.6 Å². The fourth-order valence-electron chi connectivity index (χ4n) is 4.84. The van der Waals surface area contributed by atoms with Gasteiger partial charge in [0, 0.05) is 38.3 Å². The first kappa shape index (κ1) is 21.9. The number of carbonyl (C=O) groups excluding carboxylic acids is 1. The number of anilines is 1. The van der Waals surface area contributed by atoms with E-state index < -0.39 is 10.0 Å². The Morgan fingerprint density at radius 1 is 0.938 bits per heavy atom. The maximum Gasteiger partial charge on any atom is 0.243 e. The predicted molar refractivity (Wildman–Crippen MR) is 123 cm³/mol. The van der Waals surface area contributed by atoms with Crippen molar-refractivity contribution in [1.29, 1.82) is 0 Å². The molecule has 0 radical (unpaired) electrons. The highest BCUT2D eigenvalue weighted by Gasteiger charge is 2.30. The lowest BCUT2D eigenvalue weighted by Gasteiger charge is -2.30. The van der Waals surface area contributed by atoms with Gasteiger partial charge in [0.15, 0.2) is 5.16 Å². The Labute approximate surface area is 193 Å². The van der Waals surface area contributed by atoms with Gasteiger partial charge in [0.1, 0.15) is 5.82 Å². The average Bonchev–Trinajstić information content (AvgIpc) is 3.42. The standard InChI is InChI=1S/C22H29N5O3S2/c28-21(16-31-22-24-23-20-8-2-1-3-13-27(20)22)26-14-6-7-17-15-18(9-10-19(17)26)32(29,30)25-11-4-5-12-25/h9-10,15H,1-8,11-14,16H2. The maximum absolute atomic E-state index is 13.1. The Kier molecular flexibility index (Phi) is 6.26. The molecule has 4 heterocycles. The van der Waals surface area contributed by atoms with Crippen LogP contribution in [0.15, 0.2) is 28.3 Å². The van der Waals surface area contributed by atoms with Crippen LogP contribution in [0.1, 0.15) is 49.9 Å². The number of hydrogen-bond donors (Lipinski definition) is 0. The lowest BCUT2D eigenvalue weighted by molar-refractivity contribution is -0.116. The van der Waals surface area contributed by atoms with Crippen molar-refractivity contribution in [3.63, 3.8) is 0 Å². The number of fused-ring (bicyclic) bond motifs is 2. The summed E-state index contributed by atoms with van der Waals surface area (Å²) < 4.78 is 29.6. The first-order valence-electron chi connectivity index (χ1n) is 11.5. The van der Waals surface area contributed by atoms with Crippen LogP contribution in [0.25, 0.3) is 0 Å². The molecule has 3 aliphatic heterocycles. The third-order valence-electron chi connectivity index (χ3n) is 6.57. The molecule has 0 bridgehead atoms. The smallest absolute Gasteiger partial charge is 0.243 e. The van der Waals surface area contributed by atoms with Crippen LogP contribution in [0.5, 0.6) is 0 Å². The molecule has 1 saturated heterocycles. The largest absolute Gasteiger partial charge is 0.311 e. The molecular formula is C22H29N5O3S2. The second-order valence-corrected chi connectivity index (χ2v) is 11.6. The first-order chi connectivity index (χ1) is 15.5. The summed E-state index contributed by atoms with van der Waals surface area (Å²) in [6.45, 7) is 2.75. The number of sulfonamides is 1. The summed E-state index contributed by atoms with van der Waals surface area (Å²) in [4.78, 5) is 15.2. The quantitative estimate of drug-likeness (QED) is 0.618. The molecule has 1 fully saturated rings. The Morgan fingerprint density at radius 2 is 1.75 bits per heavy atom. The van der Waals surface area contributed by atoms with Crippen molar-refractivity contribution in [3.05, 3.63) is 29.6 Å². The fourth-order valence-corrected chi connectivity index (χ4v) is 7.27. The van der Waals surface area contributed by atoms with Gasteiger partial charge in [0.25, 0.3) is 0 Å². The molecule has 0 saturated carbocycles. The van der Waals surface area contributed by atoms with Crippen LogP contribution in [0, 0.1) is 0 Å². The molecule has 172 valence electrons. The van der Waals surface area contributed by atoms with E-state index in [0.29, 0.717) is 30.3 Å². The van der Waals surface area contributed by atoms with Crippen LogP contribution in [0.2, 0.25) is 0 Å². The molecule has 0 spiro atoms. The summed E-state index contributed by atoms with van der Waals surface area (Å²) in [6, 6.07) is 5.24. The van der Waals surface area contributed by atoms with Crippen molar-refractivity contribution in [1.82, 2.24) is 19.1 Å². The Bertz CT molecular complexity index is 1110. The van der Waals surface area contributed by atoms with Gasteiger partial charge >= 0.3 is 0 Å². The van der Waals surface area contributed by atoms with Crippen molar-refractivity contribution in [2.24, 2.45) is 0 Å². The van der Waals surface area contributed by atoms with Crippen molar-refractivity contribution in [2.75, 3.05) is 30.3 Å². The van der Waals surface area contributed by atoms with Gasteiger partial charge < -0.3 is 9.47 Å². The van der Waals surface area contributed by atoms with E-state index in [1.54, 1.807) is 21.3 Å². The van der Waals surface area contributed by atoms with E-state index in [1.165, 1.54) is 18.2 Å². The summed E-state index contributed by atoms with van der Waals surface area (Å²) >= 11 is 1.45. The molecule has 8 nitrogen and oxygen atoms in total. The number of rotatable bonds is 5. The molecule has 2 aromatic rings.